The van der Waals surface area contributed by atoms with Crippen LogP contribution in [-0.2, 0) is 65.4 Å². The highest BCUT2D eigenvalue weighted by Crippen LogP contribution is 2.45. The Morgan fingerprint density at radius 2 is 0.510 bits per heavy atom. The van der Waals surface area contributed by atoms with Crippen LogP contribution in [0.1, 0.15) is 336 Å². The number of aliphatic hydroxyl groups excluding tert-OH is 1. The number of hydrogen-bond acceptors (Lipinski definition) is 15. The Kier molecular flexibility index (Phi) is 71.8. The zero-order chi connectivity index (χ0) is 74.6. The molecule has 102 heavy (non-hydrogen) atoms. The lowest BCUT2D eigenvalue weighted by Crippen LogP contribution is -2.30. The first kappa shape index (κ1) is 97.7. The quantitative estimate of drug-likeness (QED) is 0.0169. The van der Waals surface area contributed by atoms with E-state index in [0.717, 1.165) is 186 Å². The number of carbonyl (C=O) groups is 4. The van der Waals surface area contributed by atoms with Crippen molar-refractivity contribution in [1.82, 2.24) is 0 Å². The van der Waals surface area contributed by atoms with Gasteiger partial charge in [0.25, 0.3) is 0 Å². The van der Waals surface area contributed by atoms with E-state index < -0.39 is 97.5 Å². The van der Waals surface area contributed by atoms with E-state index in [4.69, 9.17) is 37.0 Å². The summed E-state index contributed by atoms with van der Waals surface area (Å²) in [5, 5.41) is 10.6. The molecule has 19 heteroatoms. The summed E-state index contributed by atoms with van der Waals surface area (Å²) < 4.78 is 68.6. The first-order valence-electron chi connectivity index (χ1n) is 40.1. The van der Waals surface area contributed by atoms with Crippen molar-refractivity contribution in [2.24, 2.45) is 0 Å². The molecular weight excluding hydrogens is 1330 g/mol. The normalized spacial score (nSPS) is 14.5. The highest BCUT2D eigenvalue weighted by Gasteiger charge is 2.30. The van der Waals surface area contributed by atoms with Crippen LogP contribution in [0.25, 0.3) is 0 Å². The van der Waals surface area contributed by atoms with E-state index in [1.807, 2.05) is 0 Å². The van der Waals surface area contributed by atoms with Gasteiger partial charge in [-0.2, -0.15) is 0 Å². The third-order valence-electron chi connectivity index (χ3n) is 16.7. The molecule has 5 atom stereocenters. The van der Waals surface area contributed by atoms with Crippen LogP contribution >= 0.6 is 15.6 Å². The van der Waals surface area contributed by atoms with E-state index in [1.165, 1.54) is 70.6 Å². The predicted molar refractivity (Wildman–Crippen MR) is 418 cm³/mol. The fraction of sp³-hybridized carbons (Fsp3) is 0.735. The largest absolute Gasteiger partial charge is 0.472 e. The standard InChI is InChI=1S/C83H144O17P2/c1-5-9-13-17-21-25-29-33-36-37-38-39-42-45-48-52-56-60-64-68-81(86)94-74-79(100-83(88)70-66-62-58-54-50-46-41-35-31-27-23-19-15-11-7-3)76-98-102(91,92)96-72-77(84)71-95-101(89,90)97-75-78(99-82(87)69-65-61-57-53-49-43-32-28-24-20-16-12-8-4)73-93-80(85)67-63-59-55-51-47-44-40-34-30-26-22-18-14-10-6-2/h10-11,14-15,21-23,25-27,33-36,38-41,77-79,84H,5-9,12-13,16-20,24,28-32,37,42-76H2,1-4H3,(H,89,90)(H,91,92)/b14-10-,15-11-,25-21-,26-22-,27-23-,36-33-,39-38-,40-34-,41-35-. The van der Waals surface area contributed by atoms with Crippen molar-refractivity contribution in [3.8, 4) is 0 Å². The van der Waals surface area contributed by atoms with E-state index in [2.05, 4.69) is 137 Å². The lowest BCUT2D eigenvalue weighted by atomic mass is 10.0. The SMILES string of the molecule is CC/C=C\C/C=C\C/C=C\CCCCCCCC(=O)OCC(COP(=O)(O)OCC(O)COP(=O)(O)OCC(COC(=O)CCCCCCCC/C=C\C/C=C\C/C=C\CCCCC)OC(=O)CCCCCCC/C=C\C/C=C\C/C=C\CC)OC(=O)CCCCCCCCCCCCCCC. The average Bonchev–Trinajstić information content (AvgIpc) is 0.909. The van der Waals surface area contributed by atoms with Crippen molar-refractivity contribution in [3.05, 3.63) is 109 Å². The average molecular weight is 1480 g/mol. The van der Waals surface area contributed by atoms with Crippen LogP contribution < -0.4 is 0 Å². The molecule has 3 N–H and O–H groups in total. The third kappa shape index (κ3) is 74.0. The van der Waals surface area contributed by atoms with Crippen molar-refractivity contribution >= 4 is 39.5 Å². The van der Waals surface area contributed by atoms with Gasteiger partial charge in [-0.25, -0.2) is 9.13 Å². The van der Waals surface area contributed by atoms with Gasteiger partial charge >= 0.3 is 39.5 Å². The molecule has 0 heterocycles. The highest BCUT2D eigenvalue weighted by atomic mass is 31.2. The summed E-state index contributed by atoms with van der Waals surface area (Å²) in [4.78, 5) is 73.0. The monoisotopic (exact) mass is 1470 g/mol. The minimum atomic E-state index is -4.99. The van der Waals surface area contributed by atoms with E-state index in [-0.39, 0.29) is 25.7 Å². The Morgan fingerprint density at radius 3 is 0.804 bits per heavy atom. The molecule has 0 bridgehead atoms. The lowest BCUT2D eigenvalue weighted by molar-refractivity contribution is -0.161. The molecule has 0 aliphatic heterocycles. The third-order valence-corrected chi connectivity index (χ3v) is 18.6. The Hall–Kier alpha value is -4.28. The Bertz CT molecular complexity index is 2360. The molecule has 0 aromatic carbocycles. The van der Waals surface area contributed by atoms with Crippen molar-refractivity contribution < 1.29 is 80.2 Å². The maximum atomic E-state index is 13.1. The maximum absolute atomic E-state index is 13.1. The molecule has 0 saturated carbocycles. The van der Waals surface area contributed by atoms with Gasteiger partial charge in [-0.05, 0) is 128 Å². The van der Waals surface area contributed by atoms with Gasteiger partial charge in [-0.1, -0.05) is 291 Å². The summed E-state index contributed by atoms with van der Waals surface area (Å²) in [6.45, 7) is 4.61. The molecule has 0 rings (SSSR count). The molecule has 0 aromatic rings. The predicted octanol–water partition coefficient (Wildman–Crippen LogP) is 23.3. The summed E-state index contributed by atoms with van der Waals surface area (Å²) in [7, 11) is -9.96. The molecule has 0 saturated heterocycles. The van der Waals surface area contributed by atoms with Gasteiger partial charge in [0.15, 0.2) is 12.2 Å². The molecule has 0 amide bonds. The fourth-order valence-electron chi connectivity index (χ4n) is 10.7. The molecule has 0 spiro atoms. The highest BCUT2D eigenvalue weighted by molar-refractivity contribution is 7.47. The zero-order valence-electron chi connectivity index (χ0n) is 64.3. The topological polar surface area (TPSA) is 237 Å². The molecule has 0 aliphatic carbocycles. The molecule has 0 aliphatic rings. The summed E-state index contributed by atoms with van der Waals surface area (Å²) in [6.07, 6.45) is 80.6. The van der Waals surface area contributed by atoms with E-state index >= 15 is 0 Å². The van der Waals surface area contributed by atoms with E-state index in [1.54, 1.807) is 0 Å². The van der Waals surface area contributed by atoms with Crippen LogP contribution in [0, 0.1) is 0 Å². The lowest BCUT2D eigenvalue weighted by Gasteiger charge is -2.21. The molecule has 0 radical (unpaired) electrons. The van der Waals surface area contributed by atoms with Gasteiger partial charge in [0.2, 0.25) is 0 Å². The smallest absolute Gasteiger partial charge is 0.462 e. The first-order valence-corrected chi connectivity index (χ1v) is 43.1. The van der Waals surface area contributed by atoms with Crippen LogP contribution in [-0.4, -0.2) is 96.7 Å². The Balaban J connectivity index is 5.37. The second kappa shape index (κ2) is 75.0. The number of hydrogen-bond donors (Lipinski definition) is 3. The van der Waals surface area contributed by atoms with Crippen LogP contribution in [0.2, 0.25) is 0 Å². The van der Waals surface area contributed by atoms with Gasteiger partial charge in [0, 0.05) is 25.7 Å². The summed E-state index contributed by atoms with van der Waals surface area (Å²) in [5.41, 5.74) is 0. The number of unbranched alkanes of at least 4 members (excludes halogenated alkanes) is 31. The van der Waals surface area contributed by atoms with Crippen LogP contribution in [0.3, 0.4) is 0 Å². The van der Waals surface area contributed by atoms with E-state index in [9.17, 15) is 43.2 Å². The molecule has 0 aromatic heterocycles. The van der Waals surface area contributed by atoms with Crippen LogP contribution in [0.5, 0.6) is 0 Å². The summed E-state index contributed by atoms with van der Waals surface area (Å²) >= 11 is 0. The van der Waals surface area contributed by atoms with Crippen molar-refractivity contribution in [2.45, 2.75) is 354 Å². The number of carbonyl (C=O) groups excluding carboxylic acids is 4. The number of phosphoric ester groups is 2. The van der Waals surface area contributed by atoms with Crippen molar-refractivity contribution in [3.63, 3.8) is 0 Å². The minimum Gasteiger partial charge on any atom is -0.462 e. The van der Waals surface area contributed by atoms with Crippen molar-refractivity contribution in [2.75, 3.05) is 39.6 Å². The Morgan fingerprint density at radius 1 is 0.284 bits per heavy atom. The van der Waals surface area contributed by atoms with E-state index in [0.29, 0.717) is 25.7 Å². The zero-order valence-corrected chi connectivity index (χ0v) is 66.0. The number of esters is 4. The molecule has 17 nitrogen and oxygen atoms in total. The molecule has 5 unspecified atom stereocenters. The summed E-state index contributed by atoms with van der Waals surface area (Å²) in [5.74, 6) is -2.21. The molecular formula is C83H144O17P2. The van der Waals surface area contributed by atoms with Gasteiger partial charge in [0.1, 0.15) is 19.3 Å². The second-order valence-electron chi connectivity index (χ2n) is 26.6. The maximum Gasteiger partial charge on any atom is 0.472 e. The number of ether oxygens (including phenoxy) is 4. The Labute approximate surface area is 619 Å². The fourth-order valence-corrected chi connectivity index (χ4v) is 12.2. The number of allylic oxidation sites excluding steroid dienone is 18. The first-order chi connectivity index (χ1) is 49.7. The van der Waals surface area contributed by atoms with Gasteiger partial charge in [-0.15, -0.1) is 0 Å². The second-order valence-corrected chi connectivity index (χ2v) is 29.5. The summed E-state index contributed by atoms with van der Waals surface area (Å²) in [6, 6.07) is 0. The number of aliphatic hydroxyl groups is 1. The molecule has 0 fully saturated rings. The number of rotatable bonds is 75. The van der Waals surface area contributed by atoms with Gasteiger partial charge in [-0.3, -0.25) is 37.3 Å². The van der Waals surface area contributed by atoms with Crippen LogP contribution in [0.15, 0.2) is 109 Å². The van der Waals surface area contributed by atoms with Gasteiger partial charge in [0.05, 0.1) is 26.4 Å². The van der Waals surface area contributed by atoms with Crippen molar-refractivity contribution in [1.29, 1.82) is 0 Å². The number of phosphoric acid groups is 2. The van der Waals surface area contributed by atoms with Gasteiger partial charge < -0.3 is 33.8 Å². The minimum absolute atomic E-state index is 0.0715. The van der Waals surface area contributed by atoms with Crippen LogP contribution in [0.4, 0.5) is 0 Å². The molecule has 588 valence electrons.